The molecule has 4 rings (SSSR count). The number of imidazole rings is 1. The molecule has 0 radical (unpaired) electrons. The van der Waals surface area contributed by atoms with E-state index in [0.29, 0.717) is 6.73 Å². The largest absolute Gasteiger partial charge is 0.361 e. The lowest BCUT2D eigenvalue weighted by atomic mass is 10.1. The molecule has 7 heteroatoms. The van der Waals surface area contributed by atoms with Gasteiger partial charge in [0.2, 0.25) is 0 Å². The fourth-order valence-corrected chi connectivity index (χ4v) is 3.91. The lowest BCUT2D eigenvalue weighted by Crippen LogP contribution is -2.22. The Hall–Kier alpha value is -3.03. The molecule has 3 heterocycles. The maximum atomic E-state index is 6.02. The van der Waals surface area contributed by atoms with Gasteiger partial charge in [-0.1, -0.05) is 50.0 Å². The van der Waals surface area contributed by atoms with E-state index in [1.807, 2.05) is 53.5 Å². The van der Waals surface area contributed by atoms with Crippen LogP contribution in [0, 0.1) is 0 Å². The minimum Gasteiger partial charge on any atom is -0.361 e. The molecule has 1 N–H and O–H groups in total. The molecule has 154 valence electrons. The summed E-state index contributed by atoms with van der Waals surface area (Å²) in [5, 5.41) is 6.91. The second-order valence-electron chi connectivity index (χ2n) is 8.55. The Morgan fingerprint density at radius 2 is 1.83 bits per heavy atom. The molecule has 30 heavy (non-hydrogen) atoms. The molecule has 0 saturated carbocycles. The van der Waals surface area contributed by atoms with E-state index in [2.05, 4.69) is 47.0 Å². The van der Waals surface area contributed by atoms with Crippen molar-refractivity contribution < 1.29 is 4.74 Å². The van der Waals surface area contributed by atoms with Gasteiger partial charge in [-0.15, -0.1) is 0 Å². The maximum Gasteiger partial charge on any atom is 0.161 e. The first-order chi connectivity index (χ1) is 14.5. The molecular formula is C23H27N5OSi. The van der Waals surface area contributed by atoms with Crippen molar-refractivity contribution in [3.63, 3.8) is 0 Å². The van der Waals surface area contributed by atoms with E-state index < -0.39 is 8.07 Å². The topological polar surface area (TPSA) is 68.6 Å². The zero-order chi connectivity index (χ0) is 21.0. The molecule has 0 amide bonds. The molecule has 0 aliphatic heterocycles. The van der Waals surface area contributed by atoms with Crippen LogP contribution < -0.4 is 0 Å². The van der Waals surface area contributed by atoms with Crippen LogP contribution >= 0.6 is 0 Å². The van der Waals surface area contributed by atoms with Crippen molar-refractivity contribution >= 4 is 8.07 Å². The molecule has 6 nitrogen and oxygen atoms in total. The lowest BCUT2D eigenvalue weighted by molar-refractivity contribution is 0.0882. The van der Waals surface area contributed by atoms with Crippen molar-refractivity contribution in [3.05, 3.63) is 67.3 Å². The quantitative estimate of drug-likeness (QED) is 0.311. The number of ether oxygens (including phenoxy) is 1. The predicted octanol–water partition coefficient (Wildman–Crippen LogP) is 5.31. The minimum absolute atomic E-state index is 0.456. The number of nitrogens with zero attached hydrogens (tertiary/aromatic N) is 4. The van der Waals surface area contributed by atoms with E-state index in [4.69, 9.17) is 9.72 Å². The lowest BCUT2D eigenvalue weighted by Gasteiger charge is -2.16. The van der Waals surface area contributed by atoms with Gasteiger partial charge in [0.1, 0.15) is 12.4 Å². The van der Waals surface area contributed by atoms with Gasteiger partial charge in [0.05, 0.1) is 11.9 Å². The monoisotopic (exact) mass is 417 g/mol. The molecule has 4 aromatic rings. The van der Waals surface area contributed by atoms with Crippen LogP contribution in [0.1, 0.15) is 0 Å². The number of benzene rings is 1. The first-order valence-electron chi connectivity index (χ1n) is 10.2. The summed E-state index contributed by atoms with van der Waals surface area (Å²) in [5.74, 6) is 0.798. The average molecular weight is 418 g/mol. The highest BCUT2D eigenvalue weighted by atomic mass is 28.3. The second kappa shape index (κ2) is 8.77. The van der Waals surface area contributed by atoms with Gasteiger partial charge in [-0.2, -0.15) is 5.10 Å². The Kier molecular flexibility index (Phi) is 5.92. The third-order valence-corrected chi connectivity index (χ3v) is 6.60. The molecule has 0 unspecified atom stereocenters. The van der Waals surface area contributed by atoms with Crippen LogP contribution in [0.3, 0.4) is 0 Å². The average Bonchev–Trinajstić information content (AvgIpc) is 3.42. The first kappa shape index (κ1) is 20.2. The summed E-state index contributed by atoms with van der Waals surface area (Å²) < 4.78 is 8.07. The van der Waals surface area contributed by atoms with Crippen molar-refractivity contribution in [3.8, 4) is 33.9 Å². The number of H-pyrrole nitrogens is 1. The highest BCUT2D eigenvalue weighted by Gasteiger charge is 2.15. The fourth-order valence-electron chi connectivity index (χ4n) is 3.15. The van der Waals surface area contributed by atoms with Gasteiger partial charge in [-0.25, -0.2) is 4.98 Å². The van der Waals surface area contributed by atoms with Gasteiger partial charge in [0.15, 0.2) is 5.82 Å². The molecule has 1 aromatic carbocycles. The Labute approximate surface area is 178 Å². The third kappa shape index (κ3) is 4.92. The molecule has 0 aliphatic carbocycles. The van der Waals surface area contributed by atoms with Crippen molar-refractivity contribution in [1.82, 2.24) is 24.7 Å². The van der Waals surface area contributed by atoms with Gasteiger partial charge < -0.3 is 9.30 Å². The number of nitrogens with one attached hydrogen (secondary N) is 1. The highest BCUT2D eigenvalue weighted by molar-refractivity contribution is 6.76. The Morgan fingerprint density at radius 1 is 1.00 bits per heavy atom. The Balaban J connectivity index is 1.65. The van der Waals surface area contributed by atoms with Crippen molar-refractivity contribution in [1.29, 1.82) is 0 Å². The van der Waals surface area contributed by atoms with Crippen molar-refractivity contribution in [2.75, 3.05) is 6.61 Å². The number of aromatic nitrogens is 5. The fraction of sp³-hybridized carbons (Fsp3) is 0.261. The van der Waals surface area contributed by atoms with Crippen LogP contribution in [-0.4, -0.2) is 39.4 Å². The Morgan fingerprint density at radius 3 is 2.57 bits per heavy atom. The zero-order valence-corrected chi connectivity index (χ0v) is 18.7. The van der Waals surface area contributed by atoms with Crippen LogP contribution in [-0.2, 0) is 11.5 Å². The maximum absolute atomic E-state index is 6.02. The molecule has 3 aromatic heterocycles. The predicted molar refractivity (Wildman–Crippen MR) is 123 cm³/mol. The van der Waals surface area contributed by atoms with E-state index in [-0.39, 0.29) is 0 Å². The van der Waals surface area contributed by atoms with Gasteiger partial charge in [0.25, 0.3) is 0 Å². The smallest absolute Gasteiger partial charge is 0.161 e. The van der Waals surface area contributed by atoms with E-state index >= 15 is 0 Å². The first-order valence-corrected chi connectivity index (χ1v) is 13.9. The summed E-state index contributed by atoms with van der Waals surface area (Å²) >= 11 is 0. The van der Waals surface area contributed by atoms with Gasteiger partial charge in [-0.05, 0) is 23.7 Å². The SMILES string of the molecule is C[Si](C)(C)CCOCn1cc(-c2ccccc2)nc1-c1cc(-c2cn[nH]c2)ccn1. The van der Waals surface area contributed by atoms with Crippen LogP contribution in [0.2, 0.25) is 25.7 Å². The summed E-state index contributed by atoms with van der Waals surface area (Å²) in [7, 11) is -1.13. The number of pyridine rings is 1. The van der Waals surface area contributed by atoms with E-state index in [1.165, 1.54) is 0 Å². The molecule has 0 spiro atoms. The van der Waals surface area contributed by atoms with Gasteiger partial charge in [0, 0.05) is 44.4 Å². The molecule has 0 atom stereocenters. The summed E-state index contributed by atoms with van der Waals surface area (Å²) in [6.45, 7) is 8.29. The molecule has 0 saturated heterocycles. The van der Waals surface area contributed by atoms with E-state index in [0.717, 1.165) is 46.6 Å². The van der Waals surface area contributed by atoms with Crippen molar-refractivity contribution in [2.24, 2.45) is 0 Å². The Bertz CT molecular complexity index is 1080. The highest BCUT2D eigenvalue weighted by Crippen LogP contribution is 2.27. The molecule has 0 bridgehead atoms. The molecule has 0 fully saturated rings. The van der Waals surface area contributed by atoms with Crippen LogP contribution in [0.25, 0.3) is 33.9 Å². The number of hydrogen-bond donors (Lipinski definition) is 1. The van der Waals surface area contributed by atoms with Crippen LogP contribution in [0.4, 0.5) is 0 Å². The van der Waals surface area contributed by atoms with Gasteiger partial charge >= 0.3 is 0 Å². The summed E-state index contributed by atoms with van der Waals surface area (Å²) in [6.07, 6.45) is 7.54. The van der Waals surface area contributed by atoms with Crippen LogP contribution in [0.15, 0.2) is 67.3 Å². The third-order valence-electron chi connectivity index (χ3n) is 4.89. The summed E-state index contributed by atoms with van der Waals surface area (Å²) in [5.41, 5.74) is 4.86. The number of rotatable bonds is 8. The summed E-state index contributed by atoms with van der Waals surface area (Å²) in [4.78, 5) is 9.50. The minimum atomic E-state index is -1.13. The molecular weight excluding hydrogens is 390 g/mol. The standard InChI is InChI=1S/C23H27N5OSi/c1-30(2,3)12-11-29-17-28-16-22(18-7-5-4-6-8-18)27-23(28)21-13-19(9-10-24-21)20-14-25-26-15-20/h4-10,13-16H,11-12,17H2,1-3H3,(H,25,26). The van der Waals surface area contributed by atoms with E-state index in [9.17, 15) is 0 Å². The van der Waals surface area contributed by atoms with Crippen molar-refractivity contribution in [2.45, 2.75) is 32.4 Å². The zero-order valence-electron chi connectivity index (χ0n) is 17.7. The number of aromatic amines is 1. The molecule has 0 aliphatic rings. The van der Waals surface area contributed by atoms with Gasteiger partial charge in [-0.3, -0.25) is 10.1 Å². The summed E-state index contributed by atoms with van der Waals surface area (Å²) in [6, 6.07) is 15.3. The van der Waals surface area contributed by atoms with Crippen LogP contribution in [0.5, 0.6) is 0 Å². The number of hydrogen-bond acceptors (Lipinski definition) is 4. The van der Waals surface area contributed by atoms with E-state index in [1.54, 1.807) is 6.20 Å². The normalized spacial score (nSPS) is 11.7. The second-order valence-corrected chi connectivity index (χ2v) is 14.2.